The number of carbonyl (C=O) groups is 2. The van der Waals surface area contributed by atoms with Crippen LogP contribution in [-0.4, -0.2) is 18.9 Å². The molecule has 0 aromatic heterocycles. The summed E-state index contributed by atoms with van der Waals surface area (Å²) in [6.45, 7) is 2.23. The normalized spacial score (nSPS) is 14.7. The Bertz CT molecular complexity index is 382. The SMILES string of the molecule is CCCCCCC1=C(CCCCCCC(=O)OC)C(=O)CC1. The van der Waals surface area contributed by atoms with Gasteiger partial charge in [0.2, 0.25) is 0 Å². The second kappa shape index (κ2) is 11.4. The van der Waals surface area contributed by atoms with Crippen LogP contribution in [0.1, 0.15) is 90.4 Å². The number of carbonyl (C=O) groups excluding carboxylic acids is 2. The smallest absolute Gasteiger partial charge is 0.305 e. The monoisotopic (exact) mass is 308 g/mol. The molecule has 3 heteroatoms. The van der Waals surface area contributed by atoms with Crippen LogP contribution in [0.15, 0.2) is 11.1 Å². The standard InChI is InChI=1S/C19H32O3/c1-3-4-5-8-11-16-14-15-18(20)17(16)12-9-6-7-10-13-19(21)22-2/h3-15H2,1-2H3. The second-order valence-corrected chi connectivity index (χ2v) is 6.31. The van der Waals surface area contributed by atoms with Crippen molar-refractivity contribution in [3.63, 3.8) is 0 Å². The third-order valence-electron chi connectivity index (χ3n) is 4.53. The van der Waals surface area contributed by atoms with Crippen molar-refractivity contribution in [3.8, 4) is 0 Å². The van der Waals surface area contributed by atoms with E-state index in [1.165, 1.54) is 38.4 Å². The van der Waals surface area contributed by atoms with Crippen LogP contribution in [0.5, 0.6) is 0 Å². The lowest BCUT2D eigenvalue weighted by Gasteiger charge is -2.07. The van der Waals surface area contributed by atoms with E-state index in [1.807, 2.05) is 0 Å². The van der Waals surface area contributed by atoms with Gasteiger partial charge in [0.05, 0.1) is 7.11 Å². The van der Waals surface area contributed by atoms with Crippen molar-refractivity contribution in [2.24, 2.45) is 0 Å². The molecule has 0 saturated carbocycles. The van der Waals surface area contributed by atoms with Crippen molar-refractivity contribution in [1.29, 1.82) is 0 Å². The van der Waals surface area contributed by atoms with Crippen LogP contribution in [-0.2, 0) is 14.3 Å². The average molecular weight is 308 g/mol. The highest BCUT2D eigenvalue weighted by Gasteiger charge is 2.21. The Kier molecular flexibility index (Phi) is 9.85. The molecule has 22 heavy (non-hydrogen) atoms. The lowest BCUT2D eigenvalue weighted by atomic mass is 9.98. The van der Waals surface area contributed by atoms with E-state index in [4.69, 9.17) is 0 Å². The summed E-state index contributed by atoms with van der Waals surface area (Å²) < 4.78 is 4.63. The number of hydrogen-bond donors (Lipinski definition) is 0. The minimum Gasteiger partial charge on any atom is -0.469 e. The topological polar surface area (TPSA) is 43.4 Å². The number of unbranched alkanes of at least 4 members (excludes halogenated alkanes) is 6. The largest absolute Gasteiger partial charge is 0.469 e. The molecule has 0 spiro atoms. The summed E-state index contributed by atoms with van der Waals surface area (Å²) in [5, 5.41) is 0. The Morgan fingerprint density at radius 1 is 0.955 bits per heavy atom. The predicted molar refractivity (Wildman–Crippen MR) is 89.7 cm³/mol. The van der Waals surface area contributed by atoms with Gasteiger partial charge < -0.3 is 4.74 Å². The summed E-state index contributed by atoms with van der Waals surface area (Å²) in [6, 6.07) is 0. The lowest BCUT2D eigenvalue weighted by Crippen LogP contribution is -1.99. The van der Waals surface area contributed by atoms with Crippen LogP contribution < -0.4 is 0 Å². The van der Waals surface area contributed by atoms with E-state index in [2.05, 4.69) is 11.7 Å². The number of allylic oxidation sites excluding steroid dienone is 2. The average Bonchev–Trinajstić information content (AvgIpc) is 2.87. The number of methoxy groups -OCH3 is 1. The number of ketones is 1. The Balaban J connectivity index is 2.22. The van der Waals surface area contributed by atoms with Gasteiger partial charge in [0, 0.05) is 12.8 Å². The van der Waals surface area contributed by atoms with Crippen molar-refractivity contribution in [2.75, 3.05) is 7.11 Å². The zero-order valence-corrected chi connectivity index (χ0v) is 14.4. The van der Waals surface area contributed by atoms with Gasteiger partial charge in [-0.1, -0.05) is 44.6 Å². The first-order valence-corrected chi connectivity index (χ1v) is 9.00. The van der Waals surface area contributed by atoms with E-state index in [9.17, 15) is 9.59 Å². The third kappa shape index (κ3) is 7.24. The molecule has 1 aliphatic rings. The van der Waals surface area contributed by atoms with Crippen LogP contribution in [0.3, 0.4) is 0 Å². The highest BCUT2D eigenvalue weighted by molar-refractivity contribution is 5.98. The maximum Gasteiger partial charge on any atom is 0.305 e. The fraction of sp³-hybridized carbons (Fsp3) is 0.789. The molecule has 0 fully saturated rings. The van der Waals surface area contributed by atoms with E-state index in [-0.39, 0.29) is 5.97 Å². The molecule has 0 amide bonds. The molecule has 0 unspecified atom stereocenters. The minimum absolute atomic E-state index is 0.122. The Morgan fingerprint density at radius 2 is 1.64 bits per heavy atom. The van der Waals surface area contributed by atoms with Crippen LogP contribution >= 0.6 is 0 Å². The highest BCUT2D eigenvalue weighted by Crippen LogP contribution is 2.30. The van der Waals surface area contributed by atoms with Gasteiger partial charge in [0.15, 0.2) is 5.78 Å². The summed E-state index contributed by atoms with van der Waals surface area (Å²) in [5.74, 6) is 0.267. The summed E-state index contributed by atoms with van der Waals surface area (Å²) in [7, 11) is 1.43. The lowest BCUT2D eigenvalue weighted by molar-refractivity contribution is -0.140. The Morgan fingerprint density at radius 3 is 2.36 bits per heavy atom. The molecule has 0 radical (unpaired) electrons. The van der Waals surface area contributed by atoms with Crippen LogP contribution in [0.4, 0.5) is 0 Å². The fourth-order valence-electron chi connectivity index (χ4n) is 3.15. The van der Waals surface area contributed by atoms with Gasteiger partial charge in [0.25, 0.3) is 0 Å². The van der Waals surface area contributed by atoms with Crippen LogP contribution in [0.25, 0.3) is 0 Å². The summed E-state index contributed by atoms with van der Waals surface area (Å²) in [6.07, 6.45) is 13.5. The Labute approximate surface area is 135 Å². The molecule has 0 saturated heterocycles. The molecule has 1 rings (SSSR count). The number of hydrogen-bond acceptors (Lipinski definition) is 3. The number of rotatable bonds is 12. The highest BCUT2D eigenvalue weighted by atomic mass is 16.5. The predicted octanol–water partition coefficient (Wildman–Crippen LogP) is 5.13. The van der Waals surface area contributed by atoms with Crippen LogP contribution in [0.2, 0.25) is 0 Å². The maximum absolute atomic E-state index is 12.0. The van der Waals surface area contributed by atoms with Gasteiger partial charge in [-0.15, -0.1) is 0 Å². The van der Waals surface area contributed by atoms with Gasteiger partial charge >= 0.3 is 5.97 Å². The second-order valence-electron chi connectivity index (χ2n) is 6.31. The van der Waals surface area contributed by atoms with E-state index in [0.29, 0.717) is 12.2 Å². The first-order chi connectivity index (χ1) is 10.7. The molecular weight excluding hydrogens is 276 g/mol. The summed E-state index contributed by atoms with van der Waals surface area (Å²) in [4.78, 5) is 23.0. The molecular formula is C19H32O3. The van der Waals surface area contributed by atoms with Crippen molar-refractivity contribution in [2.45, 2.75) is 90.4 Å². The van der Waals surface area contributed by atoms with Crippen molar-refractivity contribution in [3.05, 3.63) is 11.1 Å². The zero-order valence-electron chi connectivity index (χ0n) is 14.4. The molecule has 0 bridgehead atoms. The third-order valence-corrected chi connectivity index (χ3v) is 4.53. The molecule has 0 atom stereocenters. The van der Waals surface area contributed by atoms with Gasteiger partial charge in [-0.05, 0) is 44.1 Å². The zero-order chi connectivity index (χ0) is 16.2. The van der Waals surface area contributed by atoms with E-state index in [0.717, 1.165) is 56.9 Å². The number of esters is 1. The van der Waals surface area contributed by atoms with Crippen LogP contribution in [0, 0.1) is 0 Å². The molecule has 3 nitrogen and oxygen atoms in total. The molecule has 0 N–H and O–H groups in total. The van der Waals surface area contributed by atoms with E-state index >= 15 is 0 Å². The van der Waals surface area contributed by atoms with E-state index < -0.39 is 0 Å². The molecule has 126 valence electrons. The molecule has 0 heterocycles. The van der Waals surface area contributed by atoms with Gasteiger partial charge in [-0.2, -0.15) is 0 Å². The van der Waals surface area contributed by atoms with E-state index in [1.54, 1.807) is 0 Å². The first-order valence-electron chi connectivity index (χ1n) is 9.00. The fourth-order valence-corrected chi connectivity index (χ4v) is 3.15. The summed E-state index contributed by atoms with van der Waals surface area (Å²) >= 11 is 0. The number of ether oxygens (including phenoxy) is 1. The molecule has 0 aromatic carbocycles. The molecule has 0 aromatic rings. The van der Waals surface area contributed by atoms with Crippen molar-refractivity contribution < 1.29 is 14.3 Å². The van der Waals surface area contributed by atoms with Gasteiger partial charge in [-0.3, -0.25) is 9.59 Å². The Hall–Kier alpha value is -1.12. The first kappa shape index (κ1) is 18.9. The number of Topliss-reactive ketones (excluding diaryl/α,β-unsaturated/α-hetero) is 1. The molecule has 0 aliphatic heterocycles. The van der Waals surface area contributed by atoms with Gasteiger partial charge in [0.1, 0.15) is 0 Å². The minimum atomic E-state index is -0.122. The summed E-state index contributed by atoms with van der Waals surface area (Å²) in [5.41, 5.74) is 2.58. The van der Waals surface area contributed by atoms with Crippen molar-refractivity contribution in [1.82, 2.24) is 0 Å². The van der Waals surface area contributed by atoms with Crippen molar-refractivity contribution >= 4 is 11.8 Å². The maximum atomic E-state index is 12.0. The molecule has 1 aliphatic carbocycles. The van der Waals surface area contributed by atoms with Gasteiger partial charge in [-0.25, -0.2) is 0 Å². The quantitative estimate of drug-likeness (QED) is 0.371.